The van der Waals surface area contributed by atoms with Gasteiger partial charge in [-0.25, -0.2) is 0 Å². The van der Waals surface area contributed by atoms with Crippen LogP contribution in [-0.2, 0) is 19.1 Å². The predicted molar refractivity (Wildman–Crippen MR) is 77.0 cm³/mol. The van der Waals surface area contributed by atoms with Crippen molar-refractivity contribution in [2.75, 3.05) is 0 Å². The molecule has 0 atom stereocenters. The summed E-state index contributed by atoms with van der Waals surface area (Å²) < 4.78 is 10.1. The van der Waals surface area contributed by atoms with Gasteiger partial charge in [0.25, 0.3) is 6.29 Å². The fourth-order valence-corrected chi connectivity index (χ4v) is 1.80. The smallest absolute Gasteiger partial charge is 0.305 e. The lowest BCUT2D eigenvalue weighted by Crippen LogP contribution is -2.24. The van der Waals surface area contributed by atoms with Crippen molar-refractivity contribution in [3.8, 4) is 0 Å². The zero-order chi connectivity index (χ0) is 15.1. The molecule has 0 aromatic heterocycles. The molecule has 0 fully saturated rings. The first-order chi connectivity index (χ1) is 9.43. The van der Waals surface area contributed by atoms with Gasteiger partial charge in [-0.3, -0.25) is 9.59 Å². The average molecular weight is 297 g/mol. The van der Waals surface area contributed by atoms with Gasteiger partial charge in [0, 0.05) is 24.4 Å². The molecule has 0 heterocycles. The predicted octanol–water partition coefficient (Wildman–Crippen LogP) is 3.59. The minimum absolute atomic E-state index is 0.519. The first kappa shape index (κ1) is 16.2. The van der Waals surface area contributed by atoms with Gasteiger partial charge in [0.05, 0.1) is 0 Å². The average Bonchev–Trinajstić information content (AvgIpc) is 2.36. The van der Waals surface area contributed by atoms with Crippen molar-refractivity contribution in [3.05, 3.63) is 40.4 Å². The van der Waals surface area contributed by atoms with Crippen LogP contribution in [0.1, 0.15) is 32.8 Å². The maximum absolute atomic E-state index is 11.1. The molecule has 5 heteroatoms. The molecule has 0 aliphatic heterocycles. The number of rotatable bonds is 5. The number of hydrogen-bond acceptors (Lipinski definition) is 4. The van der Waals surface area contributed by atoms with Crippen molar-refractivity contribution < 1.29 is 19.1 Å². The quantitative estimate of drug-likeness (QED) is 0.615. The van der Waals surface area contributed by atoms with Crippen LogP contribution in [0.5, 0.6) is 0 Å². The molecule has 0 saturated carbocycles. The molecule has 108 valence electrons. The van der Waals surface area contributed by atoms with Gasteiger partial charge in [-0.05, 0) is 24.1 Å². The summed E-state index contributed by atoms with van der Waals surface area (Å²) in [5.74, 6) is -1.04. The van der Waals surface area contributed by atoms with Crippen molar-refractivity contribution in [2.45, 2.75) is 33.5 Å². The van der Waals surface area contributed by atoms with E-state index in [0.29, 0.717) is 17.0 Å². The zero-order valence-corrected chi connectivity index (χ0v) is 12.4. The molecule has 1 aromatic rings. The number of ether oxygens (including phenoxy) is 2. The van der Waals surface area contributed by atoms with E-state index in [0.717, 1.165) is 5.56 Å². The van der Waals surface area contributed by atoms with E-state index in [-0.39, 0.29) is 0 Å². The molecule has 0 aliphatic carbocycles. The van der Waals surface area contributed by atoms with Crippen molar-refractivity contribution in [2.24, 2.45) is 0 Å². The lowest BCUT2D eigenvalue weighted by Gasteiger charge is -2.19. The highest BCUT2D eigenvalue weighted by molar-refractivity contribution is 6.32. The highest BCUT2D eigenvalue weighted by Crippen LogP contribution is 2.22. The summed E-state index contributed by atoms with van der Waals surface area (Å²) in [6.45, 7) is 4.40. The Kier molecular flexibility index (Phi) is 6.25. The standard InChI is InChI=1S/C15H17ClO4/c1-4-12(9-13-7-5-6-8-14(13)16)15(19-10(2)17)20-11(3)18/h5-9,15H,4H2,1-3H3. The molecule has 0 amide bonds. The highest BCUT2D eigenvalue weighted by Gasteiger charge is 2.19. The van der Waals surface area contributed by atoms with Gasteiger partial charge in [0.1, 0.15) is 0 Å². The number of benzene rings is 1. The minimum Gasteiger partial charge on any atom is -0.421 e. The topological polar surface area (TPSA) is 52.6 Å². The van der Waals surface area contributed by atoms with Gasteiger partial charge in [-0.2, -0.15) is 0 Å². The third-order valence-corrected chi connectivity index (χ3v) is 2.85. The Morgan fingerprint density at radius 3 is 2.20 bits per heavy atom. The minimum atomic E-state index is -1.02. The molecule has 0 bridgehead atoms. The van der Waals surface area contributed by atoms with Gasteiger partial charge in [-0.15, -0.1) is 0 Å². The van der Waals surface area contributed by atoms with Crippen LogP contribution >= 0.6 is 11.6 Å². The maximum atomic E-state index is 11.1. The molecule has 0 unspecified atom stereocenters. The van der Waals surface area contributed by atoms with Crippen LogP contribution in [0, 0.1) is 0 Å². The third kappa shape index (κ3) is 5.05. The third-order valence-electron chi connectivity index (χ3n) is 2.50. The lowest BCUT2D eigenvalue weighted by molar-refractivity contribution is -0.178. The second-order valence-corrected chi connectivity index (χ2v) is 4.55. The highest BCUT2D eigenvalue weighted by atomic mass is 35.5. The van der Waals surface area contributed by atoms with E-state index in [1.54, 1.807) is 12.1 Å². The molecular formula is C15H17ClO4. The fourth-order valence-electron chi connectivity index (χ4n) is 1.61. The molecule has 1 aromatic carbocycles. The summed E-state index contributed by atoms with van der Waals surface area (Å²) in [4.78, 5) is 22.2. The largest absolute Gasteiger partial charge is 0.421 e. The Labute approximate surface area is 123 Å². The van der Waals surface area contributed by atoms with Crippen molar-refractivity contribution in [1.82, 2.24) is 0 Å². The summed E-state index contributed by atoms with van der Waals surface area (Å²) in [5, 5.41) is 0.572. The van der Waals surface area contributed by atoms with Gasteiger partial charge < -0.3 is 9.47 Å². The van der Waals surface area contributed by atoms with Gasteiger partial charge in [0.15, 0.2) is 0 Å². The van der Waals surface area contributed by atoms with Gasteiger partial charge in [-0.1, -0.05) is 36.7 Å². The Balaban J connectivity index is 3.08. The second-order valence-electron chi connectivity index (χ2n) is 4.15. The monoisotopic (exact) mass is 296 g/mol. The van der Waals surface area contributed by atoms with Gasteiger partial charge >= 0.3 is 11.9 Å². The van der Waals surface area contributed by atoms with Crippen LogP contribution in [0.4, 0.5) is 0 Å². The number of carbonyl (C=O) groups is 2. The van der Waals surface area contributed by atoms with Crippen molar-refractivity contribution >= 4 is 29.6 Å². The molecule has 0 spiro atoms. The van der Waals surface area contributed by atoms with Gasteiger partial charge in [0.2, 0.25) is 0 Å². The summed E-state index contributed by atoms with van der Waals surface area (Å²) in [5.41, 5.74) is 1.43. The Morgan fingerprint density at radius 1 is 1.20 bits per heavy atom. The second kappa shape index (κ2) is 7.70. The Hall–Kier alpha value is -1.81. The molecule has 4 nitrogen and oxygen atoms in total. The summed E-state index contributed by atoms with van der Waals surface area (Å²) in [7, 11) is 0. The summed E-state index contributed by atoms with van der Waals surface area (Å²) >= 11 is 6.08. The van der Waals surface area contributed by atoms with E-state index in [1.807, 2.05) is 25.1 Å². The number of esters is 2. The molecule has 0 saturated heterocycles. The van der Waals surface area contributed by atoms with E-state index in [4.69, 9.17) is 21.1 Å². The zero-order valence-electron chi connectivity index (χ0n) is 11.7. The van der Waals surface area contributed by atoms with Crippen LogP contribution < -0.4 is 0 Å². The van der Waals surface area contributed by atoms with Crippen molar-refractivity contribution in [3.63, 3.8) is 0 Å². The van der Waals surface area contributed by atoms with Crippen LogP contribution in [-0.4, -0.2) is 18.2 Å². The fraction of sp³-hybridized carbons (Fsp3) is 0.333. The molecule has 0 radical (unpaired) electrons. The van der Waals surface area contributed by atoms with Crippen molar-refractivity contribution in [1.29, 1.82) is 0 Å². The first-order valence-corrected chi connectivity index (χ1v) is 6.61. The number of hydrogen-bond donors (Lipinski definition) is 0. The van der Waals surface area contributed by atoms with E-state index < -0.39 is 18.2 Å². The summed E-state index contributed by atoms with van der Waals surface area (Å²) in [6, 6.07) is 7.25. The van der Waals surface area contributed by atoms with E-state index in [2.05, 4.69) is 0 Å². The van der Waals surface area contributed by atoms with Crippen LogP contribution in [0.3, 0.4) is 0 Å². The maximum Gasteiger partial charge on any atom is 0.305 e. The van der Waals surface area contributed by atoms with E-state index in [1.165, 1.54) is 13.8 Å². The van der Waals surface area contributed by atoms with E-state index in [9.17, 15) is 9.59 Å². The molecular weight excluding hydrogens is 280 g/mol. The lowest BCUT2D eigenvalue weighted by atomic mass is 10.1. The Morgan fingerprint density at radius 2 is 1.75 bits per heavy atom. The molecule has 20 heavy (non-hydrogen) atoms. The number of carbonyl (C=O) groups excluding carboxylic acids is 2. The van der Waals surface area contributed by atoms with E-state index >= 15 is 0 Å². The SMILES string of the molecule is CCC(=Cc1ccccc1Cl)C(OC(C)=O)OC(C)=O. The molecule has 0 aliphatic rings. The number of halogens is 1. The normalized spacial score (nSPS) is 11.3. The van der Waals surface area contributed by atoms with Crippen LogP contribution in [0.2, 0.25) is 5.02 Å². The molecule has 1 rings (SSSR count). The van der Waals surface area contributed by atoms with Crippen LogP contribution in [0.25, 0.3) is 6.08 Å². The first-order valence-electron chi connectivity index (χ1n) is 6.23. The summed E-state index contributed by atoms with van der Waals surface area (Å²) in [6.07, 6.45) is 1.29. The molecule has 0 N–H and O–H groups in total. The van der Waals surface area contributed by atoms with Crippen LogP contribution in [0.15, 0.2) is 29.8 Å². The Bertz CT molecular complexity index is 506.